The minimum Gasteiger partial charge on any atom is -0.490 e. The van der Waals surface area contributed by atoms with Gasteiger partial charge in [0.15, 0.2) is 5.78 Å². The fourth-order valence-electron chi connectivity index (χ4n) is 2.69. The normalized spacial score (nSPS) is 10.1. The van der Waals surface area contributed by atoms with Gasteiger partial charge in [-0.1, -0.05) is 28.9 Å². The molecule has 4 nitrogen and oxygen atoms in total. The predicted molar refractivity (Wildman–Crippen MR) is 131 cm³/mol. The molecule has 0 bridgehead atoms. The molecule has 0 unspecified atom stereocenters. The zero-order valence-corrected chi connectivity index (χ0v) is 20.0. The fraction of sp³-hybridized carbons (Fsp3) is 0.321. The highest BCUT2D eigenvalue weighted by Crippen LogP contribution is 2.28. The minimum atomic E-state index is -0.124. The zero-order chi connectivity index (χ0) is 23.5. The van der Waals surface area contributed by atoms with Crippen LogP contribution in [0.1, 0.15) is 57.5 Å². The van der Waals surface area contributed by atoms with Gasteiger partial charge in [0.05, 0.1) is 5.56 Å². The lowest BCUT2D eigenvalue weighted by atomic mass is 10.0. The van der Waals surface area contributed by atoms with Crippen LogP contribution in [0.25, 0.3) is 0 Å². The third-order valence-electron chi connectivity index (χ3n) is 4.51. The van der Waals surface area contributed by atoms with E-state index in [9.17, 15) is 4.79 Å². The van der Waals surface area contributed by atoms with Crippen LogP contribution in [0.5, 0.6) is 17.2 Å². The molecule has 0 radical (unpaired) electrons. The van der Waals surface area contributed by atoms with E-state index in [1.807, 2.05) is 71.9 Å². The monoisotopic (exact) mass is 434 g/mol. The SMILES string of the molecule is CC(C)=CCOc1cccc(C(=O)c2ccc(OCC=C(C)C)cc2OCC=C(C)C)c1. The smallest absolute Gasteiger partial charge is 0.196 e. The van der Waals surface area contributed by atoms with E-state index in [4.69, 9.17) is 14.2 Å². The van der Waals surface area contributed by atoms with Crippen LogP contribution in [-0.4, -0.2) is 25.6 Å². The van der Waals surface area contributed by atoms with E-state index < -0.39 is 0 Å². The van der Waals surface area contributed by atoms with Gasteiger partial charge < -0.3 is 14.2 Å². The van der Waals surface area contributed by atoms with Gasteiger partial charge in [-0.05, 0) is 84.0 Å². The maximum Gasteiger partial charge on any atom is 0.196 e. The predicted octanol–water partition coefficient (Wildman–Crippen LogP) is 6.95. The second-order valence-electron chi connectivity index (χ2n) is 8.29. The first-order valence-corrected chi connectivity index (χ1v) is 10.8. The van der Waals surface area contributed by atoms with Crippen LogP contribution in [0.3, 0.4) is 0 Å². The molecule has 0 aromatic heterocycles. The van der Waals surface area contributed by atoms with E-state index in [2.05, 4.69) is 0 Å². The lowest BCUT2D eigenvalue weighted by molar-refractivity contribution is 0.103. The quantitative estimate of drug-likeness (QED) is 0.283. The van der Waals surface area contributed by atoms with Gasteiger partial charge in [0, 0.05) is 11.6 Å². The second-order valence-corrected chi connectivity index (χ2v) is 8.29. The highest BCUT2D eigenvalue weighted by Gasteiger charge is 2.17. The molecule has 32 heavy (non-hydrogen) atoms. The van der Waals surface area contributed by atoms with Crippen LogP contribution in [0.4, 0.5) is 0 Å². The largest absolute Gasteiger partial charge is 0.490 e. The van der Waals surface area contributed by atoms with Gasteiger partial charge in [-0.15, -0.1) is 0 Å². The molecule has 4 heteroatoms. The Bertz CT molecular complexity index is 1000. The van der Waals surface area contributed by atoms with Crippen molar-refractivity contribution in [3.8, 4) is 17.2 Å². The Kier molecular flexibility index (Phi) is 9.80. The first-order valence-electron chi connectivity index (χ1n) is 10.8. The van der Waals surface area contributed by atoms with Crippen molar-refractivity contribution in [1.82, 2.24) is 0 Å². The summed E-state index contributed by atoms with van der Waals surface area (Å²) in [4.78, 5) is 13.3. The summed E-state index contributed by atoms with van der Waals surface area (Å²) in [5.41, 5.74) is 4.55. The average molecular weight is 435 g/mol. The number of rotatable bonds is 11. The number of benzene rings is 2. The Hall–Kier alpha value is -3.27. The van der Waals surface area contributed by atoms with Crippen LogP contribution in [-0.2, 0) is 0 Å². The van der Waals surface area contributed by atoms with E-state index in [0.717, 1.165) is 5.57 Å². The lowest BCUT2D eigenvalue weighted by Crippen LogP contribution is -2.07. The third kappa shape index (κ3) is 8.46. The number of hydrogen-bond acceptors (Lipinski definition) is 4. The first kappa shape index (κ1) is 25.0. The van der Waals surface area contributed by atoms with Gasteiger partial charge in [0.1, 0.15) is 37.1 Å². The standard InChI is InChI=1S/C28H34O4/c1-20(2)12-15-30-24-9-7-8-23(18-24)28(29)26-11-10-25(31-16-13-21(3)4)19-27(26)32-17-14-22(5)6/h7-14,18-19H,15-17H2,1-6H3. The number of hydrogen-bond donors (Lipinski definition) is 0. The summed E-state index contributed by atoms with van der Waals surface area (Å²) in [6.07, 6.45) is 5.98. The number of ketones is 1. The van der Waals surface area contributed by atoms with Crippen molar-refractivity contribution in [2.45, 2.75) is 41.5 Å². The Morgan fingerprint density at radius 1 is 0.688 bits per heavy atom. The van der Waals surface area contributed by atoms with Crippen molar-refractivity contribution in [2.75, 3.05) is 19.8 Å². The number of allylic oxidation sites excluding steroid dienone is 3. The highest BCUT2D eigenvalue weighted by atomic mass is 16.5. The van der Waals surface area contributed by atoms with E-state index in [1.54, 1.807) is 30.3 Å². The molecule has 0 amide bonds. The Labute approximate surface area is 192 Å². The van der Waals surface area contributed by atoms with E-state index in [-0.39, 0.29) is 5.78 Å². The topological polar surface area (TPSA) is 44.8 Å². The second kappa shape index (κ2) is 12.6. The maximum absolute atomic E-state index is 13.3. The van der Waals surface area contributed by atoms with Crippen LogP contribution >= 0.6 is 0 Å². The van der Waals surface area contributed by atoms with Gasteiger partial charge >= 0.3 is 0 Å². The average Bonchev–Trinajstić information content (AvgIpc) is 2.73. The molecule has 0 spiro atoms. The van der Waals surface area contributed by atoms with Crippen LogP contribution < -0.4 is 14.2 Å². The summed E-state index contributed by atoms with van der Waals surface area (Å²) in [6, 6.07) is 12.6. The number of carbonyl (C=O) groups is 1. The molecule has 2 aromatic carbocycles. The molecule has 2 aromatic rings. The lowest BCUT2D eigenvalue weighted by Gasteiger charge is -2.13. The molecule has 0 fully saturated rings. The molecule has 0 saturated heterocycles. The molecule has 0 saturated carbocycles. The van der Waals surface area contributed by atoms with E-state index in [0.29, 0.717) is 48.2 Å². The van der Waals surface area contributed by atoms with Gasteiger partial charge in [0.25, 0.3) is 0 Å². The van der Waals surface area contributed by atoms with Crippen molar-refractivity contribution in [1.29, 1.82) is 0 Å². The van der Waals surface area contributed by atoms with Crippen molar-refractivity contribution in [2.24, 2.45) is 0 Å². The molecular formula is C28H34O4. The highest BCUT2D eigenvalue weighted by molar-refractivity contribution is 6.11. The molecule has 0 aliphatic rings. The molecule has 0 aliphatic heterocycles. The van der Waals surface area contributed by atoms with Crippen molar-refractivity contribution < 1.29 is 19.0 Å². The molecule has 170 valence electrons. The van der Waals surface area contributed by atoms with Crippen molar-refractivity contribution >= 4 is 5.78 Å². The van der Waals surface area contributed by atoms with E-state index >= 15 is 0 Å². The van der Waals surface area contributed by atoms with Crippen molar-refractivity contribution in [3.05, 3.63) is 88.5 Å². The van der Waals surface area contributed by atoms with Gasteiger partial charge in [0.2, 0.25) is 0 Å². The summed E-state index contributed by atoms with van der Waals surface area (Å²) in [7, 11) is 0. The molecular weight excluding hydrogens is 400 g/mol. The van der Waals surface area contributed by atoms with Gasteiger partial charge in [-0.25, -0.2) is 0 Å². The first-order chi connectivity index (χ1) is 15.3. The molecule has 0 heterocycles. The van der Waals surface area contributed by atoms with Crippen LogP contribution in [0, 0.1) is 0 Å². The summed E-state index contributed by atoms with van der Waals surface area (Å²) >= 11 is 0. The molecule has 2 rings (SSSR count). The number of ether oxygens (including phenoxy) is 3. The zero-order valence-electron chi connectivity index (χ0n) is 20.0. The Morgan fingerprint density at radius 2 is 1.22 bits per heavy atom. The van der Waals surface area contributed by atoms with E-state index in [1.165, 1.54) is 11.1 Å². The Morgan fingerprint density at radius 3 is 1.78 bits per heavy atom. The summed E-state index contributed by atoms with van der Waals surface area (Å²) in [6.45, 7) is 13.4. The fourth-order valence-corrected chi connectivity index (χ4v) is 2.69. The minimum absolute atomic E-state index is 0.124. The molecule has 0 N–H and O–H groups in total. The molecule has 0 atom stereocenters. The summed E-state index contributed by atoms with van der Waals surface area (Å²) < 4.78 is 17.5. The number of carbonyl (C=O) groups excluding carboxylic acids is 1. The van der Waals surface area contributed by atoms with Gasteiger partial charge in [-0.3, -0.25) is 4.79 Å². The van der Waals surface area contributed by atoms with Crippen LogP contribution in [0.15, 0.2) is 77.4 Å². The van der Waals surface area contributed by atoms with Gasteiger partial charge in [-0.2, -0.15) is 0 Å². The van der Waals surface area contributed by atoms with Crippen molar-refractivity contribution in [3.63, 3.8) is 0 Å². The third-order valence-corrected chi connectivity index (χ3v) is 4.51. The van der Waals surface area contributed by atoms with Crippen LogP contribution in [0.2, 0.25) is 0 Å². The molecule has 0 aliphatic carbocycles. The Balaban J connectivity index is 2.28. The summed E-state index contributed by atoms with van der Waals surface area (Å²) in [5.74, 6) is 1.69. The summed E-state index contributed by atoms with van der Waals surface area (Å²) in [5, 5.41) is 0. The maximum atomic E-state index is 13.3.